The first-order valence-electron chi connectivity index (χ1n) is 4.82. The fourth-order valence-corrected chi connectivity index (χ4v) is 1.76. The second-order valence-corrected chi connectivity index (χ2v) is 3.47. The summed E-state index contributed by atoms with van der Waals surface area (Å²) in [6.07, 6.45) is 1.40. The molecular weight excluding hydrogens is 224 g/mol. The summed E-state index contributed by atoms with van der Waals surface area (Å²) in [5, 5.41) is 10.8. The maximum Gasteiger partial charge on any atom is 0.282 e. The molecule has 0 saturated carbocycles. The molecule has 86 valence electrons. The van der Waals surface area contributed by atoms with Gasteiger partial charge < -0.3 is 0 Å². The zero-order valence-corrected chi connectivity index (χ0v) is 8.75. The SMILES string of the molecule is C=CCN1C(=O)c2cccc([N+](=O)[O-])c2C1=O. The lowest BCUT2D eigenvalue weighted by Gasteiger charge is -2.09. The van der Waals surface area contributed by atoms with E-state index in [2.05, 4.69) is 6.58 Å². The van der Waals surface area contributed by atoms with Crippen LogP contribution in [0.3, 0.4) is 0 Å². The summed E-state index contributed by atoms with van der Waals surface area (Å²) in [7, 11) is 0. The molecule has 0 N–H and O–H groups in total. The highest BCUT2D eigenvalue weighted by Gasteiger charge is 2.40. The topological polar surface area (TPSA) is 80.5 Å². The number of hydrogen-bond acceptors (Lipinski definition) is 4. The van der Waals surface area contributed by atoms with Gasteiger partial charge >= 0.3 is 0 Å². The van der Waals surface area contributed by atoms with Crippen LogP contribution in [-0.2, 0) is 0 Å². The van der Waals surface area contributed by atoms with Crippen molar-refractivity contribution in [3.05, 3.63) is 52.1 Å². The van der Waals surface area contributed by atoms with E-state index in [0.717, 1.165) is 4.90 Å². The highest BCUT2D eigenvalue weighted by Crippen LogP contribution is 2.30. The summed E-state index contributed by atoms with van der Waals surface area (Å²) in [6.45, 7) is 3.48. The molecule has 1 heterocycles. The maximum absolute atomic E-state index is 11.9. The zero-order chi connectivity index (χ0) is 12.6. The quantitative estimate of drug-likeness (QED) is 0.341. The summed E-state index contributed by atoms with van der Waals surface area (Å²) < 4.78 is 0. The van der Waals surface area contributed by atoms with Gasteiger partial charge in [0, 0.05) is 12.6 Å². The minimum atomic E-state index is -0.665. The lowest BCUT2D eigenvalue weighted by atomic mass is 10.1. The number of nitrogens with zero attached hydrogens (tertiary/aromatic N) is 2. The first-order chi connectivity index (χ1) is 8.07. The van der Waals surface area contributed by atoms with Crippen LogP contribution in [0.2, 0.25) is 0 Å². The molecule has 0 radical (unpaired) electrons. The third-order valence-corrected chi connectivity index (χ3v) is 2.49. The molecule has 0 fully saturated rings. The second kappa shape index (κ2) is 3.82. The second-order valence-electron chi connectivity index (χ2n) is 3.47. The average molecular weight is 232 g/mol. The molecule has 0 saturated heterocycles. The molecule has 1 aromatic rings. The van der Waals surface area contributed by atoms with Crippen molar-refractivity contribution in [3.63, 3.8) is 0 Å². The van der Waals surface area contributed by atoms with Crippen molar-refractivity contribution >= 4 is 17.5 Å². The smallest absolute Gasteiger partial charge is 0.270 e. The lowest BCUT2D eigenvalue weighted by Crippen LogP contribution is -2.29. The van der Waals surface area contributed by atoms with Crippen LogP contribution < -0.4 is 0 Å². The monoisotopic (exact) mass is 232 g/mol. The van der Waals surface area contributed by atoms with Crippen LogP contribution in [0, 0.1) is 10.1 Å². The van der Waals surface area contributed by atoms with Crippen molar-refractivity contribution in [2.75, 3.05) is 6.54 Å². The molecule has 0 bridgehead atoms. The van der Waals surface area contributed by atoms with Gasteiger partial charge in [0.2, 0.25) is 0 Å². The lowest BCUT2D eigenvalue weighted by molar-refractivity contribution is -0.385. The van der Waals surface area contributed by atoms with Crippen molar-refractivity contribution in [3.8, 4) is 0 Å². The highest BCUT2D eigenvalue weighted by molar-refractivity contribution is 6.23. The van der Waals surface area contributed by atoms with Crippen LogP contribution in [-0.4, -0.2) is 28.2 Å². The van der Waals surface area contributed by atoms with Gasteiger partial charge in [0.05, 0.1) is 10.5 Å². The van der Waals surface area contributed by atoms with Crippen molar-refractivity contribution in [2.45, 2.75) is 0 Å². The normalized spacial score (nSPS) is 13.8. The maximum atomic E-state index is 11.9. The molecule has 0 aliphatic carbocycles. The molecule has 2 amide bonds. The number of nitro benzene ring substituents is 1. The van der Waals surface area contributed by atoms with Crippen molar-refractivity contribution in [2.24, 2.45) is 0 Å². The first-order valence-corrected chi connectivity index (χ1v) is 4.82. The molecule has 0 atom stereocenters. The fraction of sp³-hybridized carbons (Fsp3) is 0.0909. The third kappa shape index (κ3) is 1.50. The largest absolute Gasteiger partial charge is 0.282 e. The van der Waals surface area contributed by atoms with Gasteiger partial charge in [-0.25, -0.2) is 0 Å². The summed E-state index contributed by atoms with van der Waals surface area (Å²) in [4.78, 5) is 34.7. The standard InChI is InChI=1S/C11H8N2O4/c1-2-6-12-10(14)7-4-3-5-8(13(16)17)9(7)11(12)15/h2-5H,1,6H2. The van der Waals surface area contributed by atoms with E-state index in [1.807, 2.05) is 0 Å². The Bertz CT molecular complexity index is 550. The molecule has 0 unspecified atom stereocenters. The number of fused-ring (bicyclic) bond motifs is 1. The van der Waals surface area contributed by atoms with Crippen LogP contribution >= 0.6 is 0 Å². The number of rotatable bonds is 3. The third-order valence-electron chi connectivity index (χ3n) is 2.49. The van der Waals surface area contributed by atoms with Crippen molar-refractivity contribution < 1.29 is 14.5 Å². The van der Waals surface area contributed by atoms with Crippen LogP contribution in [0.5, 0.6) is 0 Å². The fourth-order valence-electron chi connectivity index (χ4n) is 1.76. The van der Waals surface area contributed by atoms with Crippen molar-refractivity contribution in [1.29, 1.82) is 0 Å². The Morgan fingerprint density at radius 3 is 2.65 bits per heavy atom. The van der Waals surface area contributed by atoms with Crippen LogP contribution in [0.25, 0.3) is 0 Å². The molecule has 1 aromatic carbocycles. The Morgan fingerprint density at radius 2 is 2.06 bits per heavy atom. The number of amides is 2. The Labute approximate surface area is 96.3 Å². The molecule has 0 spiro atoms. The molecule has 1 aliphatic rings. The minimum absolute atomic E-state index is 0.0451. The summed E-state index contributed by atoms with van der Waals surface area (Å²) in [5.74, 6) is -1.16. The van der Waals surface area contributed by atoms with Gasteiger partial charge in [-0.3, -0.25) is 24.6 Å². The minimum Gasteiger partial charge on any atom is -0.270 e. The Balaban J connectivity index is 2.61. The van der Waals surface area contributed by atoms with E-state index in [1.54, 1.807) is 0 Å². The van der Waals surface area contributed by atoms with E-state index in [0.29, 0.717) is 0 Å². The summed E-state index contributed by atoms with van der Waals surface area (Å²) >= 11 is 0. The number of nitro groups is 1. The van der Waals surface area contributed by atoms with Crippen molar-refractivity contribution in [1.82, 2.24) is 4.90 Å². The predicted molar refractivity (Wildman–Crippen MR) is 58.7 cm³/mol. The van der Waals surface area contributed by atoms with Crippen LogP contribution in [0.1, 0.15) is 20.7 Å². The molecule has 6 nitrogen and oxygen atoms in total. The van der Waals surface area contributed by atoms with E-state index in [4.69, 9.17) is 0 Å². The molecule has 2 rings (SSSR count). The first kappa shape index (κ1) is 11.0. The van der Waals surface area contributed by atoms with E-state index >= 15 is 0 Å². The van der Waals surface area contributed by atoms with Gasteiger partial charge in [0.25, 0.3) is 17.5 Å². The predicted octanol–water partition coefficient (Wildman–Crippen LogP) is 1.38. The Morgan fingerprint density at radius 1 is 1.35 bits per heavy atom. The van der Waals surface area contributed by atoms with Crippen LogP contribution in [0.4, 0.5) is 5.69 Å². The Kier molecular flexibility index (Phi) is 2.47. The van der Waals surface area contributed by atoms with Gasteiger partial charge in [-0.1, -0.05) is 12.1 Å². The zero-order valence-electron chi connectivity index (χ0n) is 8.75. The van der Waals surface area contributed by atoms with Gasteiger partial charge in [-0.2, -0.15) is 0 Å². The number of hydrogen-bond donors (Lipinski definition) is 0. The summed E-state index contributed by atoms with van der Waals surface area (Å²) in [6, 6.07) is 4.01. The van der Waals surface area contributed by atoms with E-state index < -0.39 is 16.7 Å². The molecule has 0 aromatic heterocycles. The molecule has 1 aliphatic heterocycles. The summed E-state index contributed by atoms with van der Waals surface area (Å²) in [5.41, 5.74) is -0.400. The Hall–Kier alpha value is -2.50. The number of imide groups is 1. The average Bonchev–Trinajstić information content (AvgIpc) is 2.55. The number of benzene rings is 1. The van der Waals surface area contributed by atoms with Crippen LogP contribution in [0.15, 0.2) is 30.9 Å². The molecule has 6 heteroatoms. The molecular formula is C11H8N2O4. The van der Waals surface area contributed by atoms with Gasteiger partial charge in [-0.05, 0) is 6.07 Å². The number of carbonyl (C=O) groups excluding carboxylic acids is 2. The highest BCUT2D eigenvalue weighted by atomic mass is 16.6. The van der Waals surface area contributed by atoms with E-state index in [1.165, 1.54) is 24.3 Å². The number of carbonyl (C=O) groups is 2. The van der Waals surface area contributed by atoms with E-state index in [-0.39, 0.29) is 23.4 Å². The van der Waals surface area contributed by atoms with Gasteiger partial charge in [0.15, 0.2) is 0 Å². The molecule has 17 heavy (non-hydrogen) atoms. The van der Waals surface area contributed by atoms with Gasteiger partial charge in [-0.15, -0.1) is 6.58 Å². The van der Waals surface area contributed by atoms with E-state index in [9.17, 15) is 19.7 Å². The van der Waals surface area contributed by atoms with Gasteiger partial charge in [0.1, 0.15) is 5.56 Å².